The first kappa shape index (κ1) is 87.0. The van der Waals surface area contributed by atoms with Crippen molar-refractivity contribution >= 4 is 108 Å². The molecule has 0 unspecified atom stereocenters. The minimum Gasteiger partial charge on any atom is -0.462 e. The highest BCUT2D eigenvalue weighted by molar-refractivity contribution is 7.89. The number of rotatable bonds is 26. The summed E-state index contributed by atoms with van der Waals surface area (Å²) in [6.07, 6.45) is 32.3. The van der Waals surface area contributed by atoms with E-state index in [1.165, 1.54) is 54.5 Å². The average molecular weight is 1730 g/mol. The van der Waals surface area contributed by atoms with Gasteiger partial charge in [0.1, 0.15) is 22.6 Å². The topological polar surface area (TPSA) is 441 Å². The van der Waals surface area contributed by atoms with Gasteiger partial charge < -0.3 is 38.9 Å². The number of aromatic amines is 4. The van der Waals surface area contributed by atoms with Gasteiger partial charge in [0.05, 0.1) is 119 Å². The number of pyridine rings is 4. The van der Waals surface area contributed by atoms with Crippen LogP contribution in [0.25, 0.3) is 88.6 Å². The van der Waals surface area contributed by atoms with Crippen LogP contribution in [0, 0.1) is 0 Å². The van der Waals surface area contributed by atoms with E-state index in [9.17, 15) is 52.8 Å². The van der Waals surface area contributed by atoms with E-state index in [0.29, 0.717) is 119 Å². The number of fused-ring (bicyclic) bond motifs is 4. The number of sulfonamides is 4. The maximum absolute atomic E-state index is 12.8. The number of ether oxygens (including phenoxy) is 4. The van der Waals surface area contributed by atoms with E-state index in [-0.39, 0.29) is 36.9 Å². The van der Waals surface area contributed by atoms with Crippen LogP contribution < -0.4 is 0 Å². The monoisotopic (exact) mass is 1720 g/mol. The molecule has 12 aromatic rings. The van der Waals surface area contributed by atoms with Crippen molar-refractivity contribution in [3.8, 4) is 44.5 Å². The summed E-state index contributed by atoms with van der Waals surface area (Å²) in [5.74, 6) is -1.60. The summed E-state index contributed by atoms with van der Waals surface area (Å²) in [6, 6.07) is 7.47. The van der Waals surface area contributed by atoms with Crippen molar-refractivity contribution in [3.63, 3.8) is 0 Å². The van der Waals surface area contributed by atoms with Gasteiger partial charge in [0, 0.05) is 193 Å². The normalized spacial score (nSPS) is 16.6. The SMILES string of the molecule is CCC1(n2cc(-c3c(C(=O)OC(C)C)cnc4[nH]ccc34)cn2)CN(S(=O)(=O)CC)C1.CCC1(n2cc(-c3c(C(=O)OC(C)C)cnc4[nH]ccc34)cn2)CN(S(C)(=O)=O)C1.CCOC(=O)c1cnc2[nH]ccc2c1-c1cnn(C2(CC)CN(S(=O)(=O)CC)C2)c1.CCOC(=O)c1cnc2[nH]ccc2c1-c1cnn(C2(CC)CN(S(C)(=O)=O)C2)c1. The summed E-state index contributed by atoms with van der Waals surface area (Å²) >= 11 is 0. The van der Waals surface area contributed by atoms with Crippen LogP contribution in [-0.4, -0.2) is 256 Å². The van der Waals surface area contributed by atoms with Gasteiger partial charge in [0.2, 0.25) is 40.1 Å². The van der Waals surface area contributed by atoms with Crippen LogP contribution in [0.15, 0.2) is 123 Å². The smallest absolute Gasteiger partial charge is 0.340 e. The molecule has 4 N–H and O–H groups in total. The van der Waals surface area contributed by atoms with Crippen molar-refractivity contribution < 1.29 is 71.8 Å². The van der Waals surface area contributed by atoms with Crippen molar-refractivity contribution in [2.45, 2.75) is 143 Å². The second-order valence-electron chi connectivity index (χ2n) is 30.9. The van der Waals surface area contributed by atoms with Crippen LogP contribution in [-0.2, 0) is 81.2 Å². The molecule has 640 valence electrons. The van der Waals surface area contributed by atoms with Gasteiger partial charge in [-0.2, -0.15) is 37.6 Å². The minimum absolute atomic E-state index is 0.0843. The largest absolute Gasteiger partial charge is 0.462 e. The van der Waals surface area contributed by atoms with Gasteiger partial charge in [0.15, 0.2) is 0 Å². The average Bonchev–Trinajstić information content (AvgIpc) is 1.47. The van der Waals surface area contributed by atoms with E-state index in [1.54, 1.807) is 105 Å². The molecule has 0 atom stereocenters. The molecule has 40 heteroatoms. The first-order chi connectivity index (χ1) is 57.0. The lowest BCUT2D eigenvalue weighted by molar-refractivity contribution is 0.0367. The summed E-state index contributed by atoms with van der Waals surface area (Å²) in [7, 11) is -12.9. The van der Waals surface area contributed by atoms with Crippen LogP contribution >= 0.6 is 0 Å². The maximum atomic E-state index is 12.8. The quantitative estimate of drug-likeness (QED) is 0.0289. The highest BCUT2D eigenvalue weighted by Gasteiger charge is 2.52. The second-order valence-corrected chi connectivity index (χ2v) is 39.4. The fourth-order valence-electron chi connectivity index (χ4n) is 15.5. The number of carbonyl (C=O) groups excluding carboxylic acids is 4. The van der Waals surface area contributed by atoms with Crippen molar-refractivity contribution in [1.82, 2.24) is 96.2 Å². The van der Waals surface area contributed by atoms with Gasteiger partial charge in [-0.3, -0.25) is 18.7 Å². The molecule has 0 bridgehead atoms. The summed E-state index contributed by atoms with van der Waals surface area (Å²) in [5.41, 5.74) is 8.38. The molecule has 4 aliphatic rings. The van der Waals surface area contributed by atoms with Crippen LogP contribution in [0.5, 0.6) is 0 Å². The van der Waals surface area contributed by atoms with Crippen molar-refractivity contribution in [2.24, 2.45) is 0 Å². The molecule has 4 saturated heterocycles. The van der Waals surface area contributed by atoms with E-state index in [0.717, 1.165) is 69.5 Å². The Morgan fingerprint density at radius 2 is 0.600 bits per heavy atom. The number of H-pyrrole nitrogens is 4. The molecular formula is C80H100N20O16S4. The Morgan fingerprint density at radius 1 is 0.367 bits per heavy atom. The predicted octanol–water partition coefficient (Wildman–Crippen LogP) is 9.49. The number of hydrogen-bond acceptors (Lipinski definition) is 24. The highest BCUT2D eigenvalue weighted by atomic mass is 32.2. The molecule has 4 fully saturated rings. The molecule has 120 heavy (non-hydrogen) atoms. The van der Waals surface area contributed by atoms with Crippen LogP contribution in [0.1, 0.15) is 150 Å². The van der Waals surface area contributed by atoms with Gasteiger partial charge in [-0.25, -0.2) is 72.8 Å². The number of aromatic nitrogens is 16. The van der Waals surface area contributed by atoms with Crippen LogP contribution in [0.2, 0.25) is 0 Å². The zero-order valence-corrected chi connectivity index (χ0v) is 72.6. The van der Waals surface area contributed by atoms with Crippen molar-refractivity contribution in [2.75, 3.05) is 89.6 Å². The summed E-state index contributed by atoms with van der Waals surface area (Å²) < 4.78 is 130. The fourth-order valence-corrected chi connectivity index (χ4v) is 19.9. The third kappa shape index (κ3) is 16.7. The minimum atomic E-state index is -3.23. The Bertz CT molecular complexity index is 6310. The Balaban J connectivity index is 0.000000138. The van der Waals surface area contributed by atoms with E-state index < -0.39 is 86.1 Å². The van der Waals surface area contributed by atoms with Gasteiger partial charge in [-0.15, -0.1) is 0 Å². The number of hydrogen-bond donors (Lipinski definition) is 4. The molecular weight excluding hydrogens is 1630 g/mol. The van der Waals surface area contributed by atoms with Gasteiger partial charge in [-0.05, 0) is 105 Å². The first-order valence-corrected chi connectivity index (χ1v) is 46.6. The lowest BCUT2D eigenvalue weighted by atomic mass is 9.89. The predicted molar refractivity (Wildman–Crippen MR) is 450 cm³/mol. The van der Waals surface area contributed by atoms with Crippen LogP contribution in [0.4, 0.5) is 0 Å². The number of nitrogens with zero attached hydrogens (tertiary/aromatic N) is 16. The van der Waals surface area contributed by atoms with Crippen molar-refractivity contribution in [3.05, 3.63) is 146 Å². The fraction of sp³-hybridized carbons (Fsp3) is 0.450. The molecule has 0 spiro atoms. The number of esters is 4. The van der Waals surface area contributed by atoms with E-state index >= 15 is 0 Å². The molecule has 16 heterocycles. The molecule has 12 aromatic heterocycles. The standard InChI is InChI=1S/C21H27N5O4S.2C20H25N5O4S.C19H23N5O4S/c1-5-21(12-25(13-21)31(28,29)6-2)26-11-15(9-24-26)18-16-7-8-22-19(16)23-10-17(18)20(27)30-14(3)4;1-5-20(11-24(12-20)30(4,27)28)25-10-14(8-23-25)17-15-6-7-21-18(15)22-9-16(17)19(26)29-13(2)3;1-4-20(12-24(13-20)30(27,28)6-3)25-11-14(9-23-25)17-15-7-8-21-18(15)22-10-16(17)19(26)29-5-2;1-4-19(11-23(12-19)29(3,26)27)24-10-13(8-22-24)16-14-6-7-20-17(14)21-9-15(16)18(25)28-5-2/h7-11,14H,5-6,12-13H2,1-4H3,(H,22,23);6-10,13H,5,11-12H2,1-4H3,(H,21,22);7-11H,4-6,12-13H2,1-3H3,(H,21,22);6-10H,4-5,11-12H2,1-3H3,(H,20,21). The maximum Gasteiger partial charge on any atom is 0.340 e. The lowest BCUT2D eigenvalue weighted by Gasteiger charge is -2.48. The van der Waals surface area contributed by atoms with E-state index in [4.69, 9.17) is 18.9 Å². The third-order valence-electron chi connectivity index (χ3n) is 22.7. The van der Waals surface area contributed by atoms with Crippen LogP contribution in [0.3, 0.4) is 0 Å². The Kier molecular flexibility index (Phi) is 24.6. The molecule has 0 aromatic carbocycles. The van der Waals surface area contributed by atoms with Crippen molar-refractivity contribution in [1.29, 1.82) is 0 Å². The number of carbonyl (C=O) groups is 4. The summed E-state index contributed by atoms with van der Waals surface area (Å²) in [4.78, 5) is 80.1. The Labute approximate surface area is 694 Å². The Hall–Kier alpha value is -10.9. The Morgan fingerprint density at radius 3 is 0.808 bits per heavy atom. The highest BCUT2D eigenvalue weighted by Crippen LogP contribution is 2.43. The molecule has 0 amide bonds. The molecule has 36 nitrogen and oxygen atoms in total. The zero-order chi connectivity index (χ0) is 86.4. The number of nitrogens with one attached hydrogen (secondary N) is 4. The molecule has 0 aliphatic carbocycles. The molecule has 0 saturated carbocycles. The summed E-state index contributed by atoms with van der Waals surface area (Å²) in [6.45, 7) is 25.7. The first-order valence-electron chi connectivity index (χ1n) is 39.7. The zero-order valence-electron chi connectivity index (χ0n) is 69.3. The third-order valence-corrected chi connectivity index (χ3v) is 28.7. The molecule has 0 radical (unpaired) electrons. The molecule has 16 rings (SSSR count). The summed E-state index contributed by atoms with van der Waals surface area (Å²) in [5, 5.41) is 21.4. The van der Waals surface area contributed by atoms with Gasteiger partial charge in [-0.1, -0.05) is 27.7 Å². The second kappa shape index (κ2) is 34.0. The van der Waals surface area contributed by atoms with Gasteiger partial charge in [0.25, 0.3) is 0 Å². The van der Waals surface area contributed by atoms with E-state index in [1.807, 2.05) is 95.5 Å². The lowest BCUT2D eigenvalue weighted by Crippen LogP contribution is -2.64. The van der Waals surface area contributed by atoms with E-state index in [2.05, 4.69) is 60.3 Å². The molecule has 4 aliphatic heterocycles. The van der Waals surface area contributed by atoms with Gasteiger partial charge >= 0.3 is 23.9 Å².